The Morgan fingerprint density at radius 1 is 1.20 bits per heavy atom. The average molecular weight is 285 g/mol. The summed E-state index contributed by atoms with van der Waals surface area (Å²) in [5, 5.41) is 18.7. The van der Waals surface area contributed by atoms with Gasteiger partial charge in [0.2, 0.25) is 5.91 Å². The van der Waals surface area contributed by atoms with Gasteiger partial charge in [-0.2, -0.15) is 0 Å². The number of hydrogen-bond donors (Lipinski definition) is 3. The number of carbonyl (C=O) groups excluding carboxylic acids is 2. The van der Waals surface area contributed by atoms with Crippen molar-refractivity contribution < 1.29 is 24.6 Å². The van der Waals surface area contributed by atoms with Crippen LogP contribution >= 0.6 is 0 Å². The minimum absolute atomic E-state index is 0.0306. The van der Waals surface area contributed by atoms with Crippen molar-refractivity contribution in [3.8, 4) is 0 Å². The van der Waals surface area contributed by atoms with Crippen LogP contribution in [-0.4, -0.2) is 69.7 Å². The van der Waals surface area contributed by atoms with E-state index in [1.54, 1.807) is 0 Å². The third kappa shape index (κ3) is 2.84. The minimum atomic E-state index is -1.11. The lowest BCUT2D eigenvalue weighted by Gasteiger charge is -2.33. The highest BCUT2D eigenvalue weighted by atomic mass is 16.4. The number of primary amides is 1. The van der Waals surface area contributed by atoms with Gasteiger partial charge in [0.15, 0.2) is 0 Å². The molecule has 3 atom stereocenters. The minimum Gasteiger partial charge on any atom is -0.480 e. The Morgan fingerprint density at radius 2 is 1.90 bits per heavy atom. The van der Waals surface area contributed by atoms with Crippen LogP contribution in [0.1, 0.15) is 19.3 Å². The highest BCUT2D eigenvalue weighted by molar-refractivity contribution is 5.86. The predicted molar refractivity (Wildman–Crippen MR) is 67.6 cm³/mol. The van der Waals surface area contributed by atoms with Gasteiger partial charge in [-0.15, -0.1) is 0 Å². The molecule has 4 N–H and O–H groups in total. The smallest absolute Gasteiger partial charge is 0.326 e. The lowest BCUT2D eigenvalue weighted by molar-refractivity contribution is -0.150. The van der Waals surface area contributed by atoms with Gasteiger partial charge in [0.1, 0.15) is 6.04 Å². The fraction of sp³-hybridized carbons (Fsp3) is 0.750. The molecule has 0 saturated carbocycles. The number of carboxylic acid groups (broad SMARTS) is 1. The topological polar surface area (TPSA) is 124 Å². The van der Waals surface area contributed by atoms with Crippen LogP contribution < -0.4 is 5.73 Å². The van der Waals surface area contributed by atoms with Crippen molar-refractivity contribution >= 4 is 17.9 Å². The van der Waals surface area contributed by atoms with Crippen molar-refractivity contribution in [2.24, 2.45) is 11.7 Å². The number of urea groups is 1. The molecule has 20 heavy (non-hydrogen) atoms. The molecule has 8 heteroatoms. The summed E-state index contributed by atoms with van der Waals surface area (Å²) < 4.78 is 0. The molecule has 0 aromatic carbocycles. The number of nitrogens with two attached hydrogens (primary N) is 1. The molecular formula is C12H19N3O5. The van der Waals surface area contributed by atoms with Crippen molar-refractivity contribution in [1.82, 2.24) is 9.80 Å². The molecule has 0 aliphatic carbocycles. The zero-order valence-corrected chi connectivity index (χ0v) is 11.1. The van der Waals surface area contributed by atoms with Gasteiger partial charge in [-0.25, -0.2) is 9.59 Å². The molecular weight excluding hydrogens is 266 g/mol. The van der Waals surface area contributed by atoms with Crippen LogP contribution in [0.15, 0.2) is 0 Å². The lowest BCUT2D eigenvalue weighted by Crippen LogP contribution is -2.50. The van der Waals surface area contributed by atoms with Gasteiger partial charge < -0.3 is 25.7 Å². The first kappa shape index (κ1) is 14.6. The van der Waals surface area contributed by atoms with E-state index in [9.17, 15) is 19.5 Å². The highest BCUT2D eigenvalue weighted by Crippen LogP contribution is 2.25. The van der Waals surface area contributed by atoms with Gasteiger partial charge >= 0.3 is 12.0 Å². The molecule has 2 aliphatic heterocycles. The van der Waals surface area contributed by atoms with Gasteiger partial charge in [0.25, 0.3) is 0 Å². The molecule has 2 saturated heterocycles. The molecule has 1 unspecified atom stereocenters. The third-order valence-corrected chi connectivity index (χ3v) is 3.93. The van der Waals surface area contributed by atoms with E-state index in [0.717, 1.165) is 0 Å². The van der Waals surface area contributed by atoms with Crippen LogP contribution in [0, 0.1) is 5.92 Å². The van der Waals surface area contributed by atoms with E-state index in [4.69, 9.17) is 10.8 Å². The SMILES string of the molecule is NC(=O)N1CCCC(C(=O)N2C[C@H](O)C[C@@H]2C(=O)O)C1. The molecule has 2 rings (SSSR count). The number of likely N-dealkylation sites (tertiary alicyclic amines) is 2. The number of β-amino-alcohol motifs (C(OH)–C–C–N with tert-alkyl or cyclic N) is 1. The maximum atomic E-state index is 12.4. The molecule has 2 aliphatic rings. The van der Waals surface area contributed by atoms with Crippen molar-refractivity contribution in [3.63, 3.8) is 0 Å². The van der Waals surface area contributed by atoms with Gasteiger partial charge in [0, 0.05) is 26.1 Å². The van der Waals surface area contributed by atoms with E-state index < -0.39 is 30.1 Å². The number of aliphatic hydroxyl groups is 1. The summed E-state index contributed by atoms with van der Waals surface area (Å²) in [5.74, 6) is -1.87. The van der Waals surface area contributed by atoms with Gasteiger partial charge in [0.05, 0.1) is 12.0 Å². The summed E-state index contributed by atoms with van der Waals surface area (Å²) in [6, 6.07) is -1.56. The largest absolute Gasteiger partial charge is 0.480 e. The molecule has 2 fully saturated rings. The van der Waals surface area contributed by atoms with Crippen molar-refractivity contribution in [1.29, 1.82) is 0 Å². The highest BCUT2D eigenvalue weighted by Gasteiger charge is 2.42. The number of carbonyl (C=O) groups is 3. The van der Waals surface area contributed by atoms with E-state index in [1.807, 2.05) is 0 Å². The van der Waals surface area contributed by atoms with E-state index in [2.05, 4.69) is 0 Å². The monoisotopic (exact) mass is 285 g/mol. The molecule has 3 amide bonds. The molecule has 2 heterocycles. The van der Waals surface area contributed by atoms with E-state index >= 15 is 0 Å². The van der Waals surface area contributed by atoms with Crippen LogP contribution in [-0.2, 0) is 9.59 Å². The normalized spacial score (nSPS) is 30.4. The Kier molecular flexibility index (Phi) is 4.12. The number of rotatable bonds is 2. The molecule has 0 radical (unpaired) electrons. The summed E-state index contributed by atoms with van der Waals surface area (Å²) in [4.78, 5) is 37.3. The Hall–Kier alpha value is -1.83. The summed E-state index contributed by atoms with van der Waals surface area (Å²) >= 11 is 0. The molecule has 0 spiro atoms. The van der Waals surface area contributed by atoms with Crippen molar-refractivity contribution in [2.75, 3.05) is 19.6 Å². The van der Waals surface area contributed by atoms with Crippen LogP contribution in [0.5, 0.6) is 0 Å². The molecule has 8 nitrogen and oxygen atoms in total. The van der Waals surface area contributed by atoms with E-state index in [0.29, 0.717) is 19.4 Å². The van der Waals surface area contributed by atoms with Crippen molar-refractivity contribution in [3.05, 3.63) is 0 Å². The first-order valence-electron chi connectivity index (χ1n) is 6.66. The lowest BCUT2D eigenvalue weighted by atomic mass is 9.96. The summed E-state index contributed by atoms with van der Waals surface area (Å²) in [6.45, 7) is 0.764. The number of carboxylic acids is 1. The number of piperidine rings is 1. The fourth-order valence-electron chi connectivity index (χ4n) is 2.90. The second-order valence-corrected chi connectivity index (χ2v) is 5.36. The predicted octanol–water partition coefficient (Wildman–Crippen LogP) is -1.18. The van der Waals surface area contributed by atoms with E-state index in [-0.39, 0.29) is 25.4 Å². The van der Waals surface area contributed by atoms with Crippen molar-refractivity contribution in [2.45, 2.75) is 31.4 Å². The van der Waals surface area contributed by atoms with Crippen LogP contribution in [0.25, 0.3) is 0 Å². The van der Waals surface area contributed by atoms with Crippen LogP contribution in [0.3, 0.4) is 0 Å². The first-order chi connectivity index (χ1) is 9.40. The second kappa shape index (κ2) is 5.66. The zero-order chi connectivity index (χ0) is 14.9. The zero-order valence-electron chi connectivity index (χ0n) is 11.1. The summed E-state index contributed by atoms with van der Waals surface area (Å²) in [5.41, 5.74) is 5.21. The van der Waals surface area contributed by atoms with Gasteiger partial charge in [-0.1, -0.05) is 0 Å². The Bertz CT molecular complexity index is 427. The summed E-state index contributed by atoms with van der Waals surface area (Å²) in [7, 11) is 0. The standard InChI is InChI=1S/C12H19N3O5/c13-12(20)14-3-1-2-7(5-14)10(17)15-6-8(16)4-9(15)11(18)19/h7-9,16H,1-6H2,(H2,13,20)(H,18,19)/t7?,8-,9-/m1/s1. The Balaban J connectivity index is 2.06. The Morgan fingerprint density at radius 3 is 2.50 bits per heavy atom. The van der Waals surface area contributed by atoms with Gasteiger partial charge in [-0.05, 0) is 12.8 Å². The Labute approximate surface area is 116 Å². The fourth-order valence-corrected chi connectivity index (χ4v) is 2.90. The second-order valence-electron chi connectivity index (χ2n) is 5.36. The van der Waals surface area contributed by atoms with Crippen LogP contribution in [0.2, 0.25) is 0 Å². The first-order valence-corrected chi connectivity index (χ1v) is 6.66. The quantitative estimate of drug-likeness (QED) is 0.589. The number of amides is 3. The maximum Gasteiger partial charge on any atom is 0.326 e. The van der Waals surface area contributed by atoms with Gasteiger partial charge in [-0.3, -0.25) is 4.79 Å². The van der Waals surface area contributed by atoms with Crippen LogP contribution in [0.4, 0.5) is 4.79 Å². The third-order valence-electron chi connectivity index (χ3n) is 3.93. The number of aliphatic hydroxyl groups excluding tert-OH is 1. The molecule has 112 valence electrons. The number of nitrogens with zero attached hydrogens (tertiary/aromatic N) is 2. The maximum absolute atomic E-state index is 12.4. The molecule has 0 bridgehead atoms. The molecule has 0 aromatic heterocycles. The average Bonchev–Trinajstić information content (AvgIpc) is 2.80. The number of hydrogen-bond acceptors (Lipinski definition) is 4. The molecule has 0 aromatic rings. The summed E-state index contributed by atoms with van der Waals surface area (Å²) in [6.07, 6.45) is 0.499. The van der Waals surface area contributed by atoms with E-state index in [1.165, 1.54) is 9.80 Å². The number of aliphatic carboxylic acids is 1.